The first kappa shape index (κ1) is 24.1. The number of carbonyl (C=O) groups is 2. The third kappa shape index (κ3) is 7.85. The quantitative estimate of drug-likeness (QED) is 0.320. The molecular weight excluding hydrogens is 441 g/mol. The monoisotopic (exact) mass is 461 g/mol. The van der Waals surface area contributed by atoms with E-state index < -0.39 is 0 Å². The molecule has 0 aliphatic rings. The van der Waals surface area contributed by atoms with Gasteiger partial charge >= 0.3 is 0 Å². The summed E-state index contributed by atoms with van der Waals surface area (Å²) < 4.78 is 11.0. The first-order valence-corrected chi connectivity index (χ1v) is 10.1. The number of rotatable bonds is 10. The van der Waals surface area contributed by atoms with Gasteiger partial charge in [0, 0.05) is 18.5 Å². The van der Waals surface area contributed by atoms with Gasteiger partial charge < -0.3 is 14.8 Å². The molecule has 9 heteroatoms. The smallest absolute Gasteiger partial charge is 0.251 e. The van der Waals surface area contributed by atoms with Gasteiger partial charge in [0.15, 0.2) is 11.5 Å². The Bertz CT molecular complexity index is 1000. The van der Waals surface area contributed by atoms with Gasteiger partial charge in [-0.1, -0.05) is 29.1 Å². The third-order valence-corrected chi connectivity index (χ3v) is 4.54. The highest BCUT2D eigenvalue weighted by atomic mass is 35.5. The fourth-order valence-corrected chi connectivity index (χ4v) is 2.67. The van der Waals surface area contributed by atoms with E-state index in [1.807, 2.05) is 6.92 Å². The van der Waals surface area contributed by atoms with Gasteiger partial charge in [-0.25, -0.2) is 5.43 Å². The van der Waals surface area contributed by atoms with Gasteiger partial charge in [-0.2, -0.15) is 5.10 Å². The molecule has 0 spiro atoms. The van der Waals surface area contributed by atoms with Crippen LogP contribution in [0.4, 0.5) is 0 Å². The van der Waals surface area contributed by atoms with Crippen molar-refractivity contribution >= 4 is 41.2 Å². The van der Waals surface area contributed by atoms with E-state index in [-0.39, 0.29) is 36.4 Å². The van der Waals surface area contributed by atoms with Crippen LogP contribution in [0.25, 0.3) is 0 Å². The first-order chi connectivity index (χ1) is 14.9. The van der Waals surface area contributed by atoms with Gasteiger partial charge in [0.2, 0.25) is 5.91 Å². The predicted molar refractivity (Wildman–Crippen MR) is 121 cm³/mol. The minimum Gasteiger partial charge on any atom is -0.490 e. The number of halogens is 2. The first-order valence-electron chi connectivity index (χ1n) is 9.32. The van der Waals surface area contributed by atoms with Crippen molar-refractivity contribution in [2.24, 2.45) is 5.10 Å². The van der Waals surface area contributed by atoms with Crippen LogP contribution >= 0.6 is 23.2 Å². The normalized spacial score (nSPS) is 10.4. The van der Waals surface area contributed by atoms with E-state index in [1.54, 1.807) is 24.3 Å². The molecule has 2 aromatic carbocycles. The highest BCUT2D eigenvalue weighted by molar-refractivity contribution is 6.42. The van der Waals surface area contributed by atoms with Crippen molar-refractivity contribution in [3.05, 3.63) is 57.6 Å². The summed E-state index contributed by atoms with van der Waals surface area (Å²) >= 11 is 11.7. The number of ether oxygens (including phenoxy) is 2. The van der Waals surface area contributed by atoms with Crippen molar-refractivity contribution in [2.75, 3.05) is 19.8 Å². The van der Waals surface area contributed by atoms with Crippen LogP contribution in [-0.4, -0.2) is 37.8 Å². The number of nitrogens with one attached hydrogen (secondary N) is 2. The summed E-state index contributed by atoms with van der Waals surface area (Å²) in [6.45, 7) is 2.57. The maximum absolute atomic E-state index is 12.1. The number of hydrazone groups is 1. The van der Waals surface area contributed by atoms with Crippen molar-refractivity contribution in [3.8, 4) is 23.8 Å². The molecule has 0 aliphatic heterocycles. The van der Waals surface area contributed by atoms with Crippen LogP contribution in [0.2, 0.25) is 10.0 Å². The van der Waals surface area contributed by atoms with Crippen LogP contribution < -0.4 is 20.2 Å². The molecule has 0 saturated carbocycles. The molecule has 162 valence electrons. The van der Waals surface area contributed by atoms with Crippen LogP contribution in [0.15, 0.2) is 41.5 Å². The summed E-state index contributed by atoms with van der Waals surface area (Å²) in [5.41, 5.74) is 3.46. The largest absolute Gasteiger partial charge is 0.490 e. The second-order valence-corrected chi connectivity index (χ2v) is 6.87. The number of nitrogens with zero attached hydrogens (tertiary/aromatic N) is 1. The molecule has 31 heavy (non-hydrogen) atoms. The van der Waals surface area contributed by atoms with Gasteiger partial charge in [-0.05, 0) is 48.9 Å². The van der Waals surface area contributed by atoms with Gasteiger partial charge in [0.05, 0.1) is 22.9 Å². The number of hydrogen-bond acceptors (Lipinski definition) is 5. The maximum atomic E-state index is 12.1. The minimum atomic E-state index is -0.357. The van der Waals surface area contributed by atoms with Crippen molar-refractivity contribution in [3.63, 3.8) is 0 Å². The molecule has 0 radical (unpaired) electrons. The van der Waals surface area contributed by atoms with Crippen molar-refractivity contribution in [1.29, 1.82) is 0 Å². The van der Waals surface area contributed by atoms with Gasteiger partial charge in [0.1, 0.15) is 6.61 Å². The van der Waals surface area contributed by atoms with Gasteiger partial charge in [-0.15, -0.1) is 6.42 Å². The molecule has 2 aromatic rings. The zero-order valence-corrected chi connectivity index (χ0v) is 18.3. The molecule has 0 unspecified atom stereocenters. The highest BCUT2D eigenvalue weighted by Crippen LogP contribution is 2.28. The molecule has 0 fully saturated rings. The van der Waals surface area contributed by atoms with Crippen LogP contribution in [0.3, 0.4) is 0 Å². The lowest BCUT2D eigenvalue weighted by Gasteiger charge is -2.10. The Morgan fingerprint density at radius 2 is 1.94 bits per heavy atom. The molecule has 7 nitrogen and oxygen atoms in total. The highest BCUT2D eigenvalue weighted by Gasteiger charge is 2.09. The van der Waals surface area contributed by atoms with Crippen molar-refractivity contribution < 1.29 is 19.1 Å². The Balaban J connectivity index is 1.82. The lowest BCUT2D eigenvalue weighted by molar-refractivity contribution is -0.120. The summed E-state index contributed by atoms with van der Waals surface area (Å²) in [5, 5.41) is 7.19. The Hall–Kier alpha value is -3.21. The lowest BCUT2D eigenvalue weighted by Crippen LogP contribution is -2.29. The Morgan fingerprint density at radius 3 is 2.65 bits per heavy atom. The van der Waals surface area contributed by atoms with Crippen LogP contribution in [-0.2, 0) is 4.79 Å². The summed E-state index contributed by atoms with van der Waals surface area (Å²) in [7, 11) is 0. The number of hydrogen-bond donors (Lipinski definition) is 2. The molecule has 0 atom stereocenters. The number of amides is 2. The van der Waals surface area contributed by atoms with Crippen LogP contribution in [0.1, 0.15) is 29.3 Å². The SMILES string of the molecule is C#CCOc1ccc(C=NNC(=O)CCNC(=O)c2ccc(Cl)c(Cl)c2)cc1OCC. The fraction of sp³-hybridized carbons (Fsp3) is 0.227. The predicted octanol–water partition coefficient (Wildman–Crippen LogP) is 3.67. The van der Waals surface area contributed by atoms with E-state index in [4.69, 9.17) is 39.1 Å². The molecule has 0 aliphatic carbocycles. The molecule has 2 N–H and O–H groups in total. The summed E-state index contributed by atoms with van der Waals surface area (Å²) in [4.78, 5) is 24.0. The lowest BCUT2D eigenvalue weighted by atomic mass is 10.2. The van der Waals surface area contributed by atoms with Crippen LogP contribution in [0, 0.1) is 12.3 Å². The Labute approximate surface area is 190 Å². The Morgan fingerprint density at radius 1 is 1.13 bits per heavy atom. The summed E-state index contributed by atoms with van der Waals surface area (Å²) in [5.74, 6) is 2.74. The number of benzene rings is 2. The molecule has 0 bridgehead atoms. The summed E-state index contributed by atoms with van der Waals surface area (Å²) in [6.07, 6.45) is 6.73. The Kier molecular flexibility index (Phi) is 9.69. The zero-order valence-electron chi connectivity index (χ0n) is 16.8. The molecular formula is C22H21Cl2N3O4. The van der Waals surface area contributed by atoms with E-state index in [0.29, 0.717) is 34.3 Å². The third-order valence-electron chi connectivity index (χ3n) is 3.80. The molecule has 2 amide bonds. The van der Waals surface area contributed by atoms with E-state index in [9.17, 15) is 9.59 Å². The standard InChI is InChI=1S/C22H21Cl2N3O4/c1-3-11-31-19-8-5-15(12-20(19)30-4-2)14-26-27-21(28)9-10-25-22(29)16-6-7-17(23)18(24)13-16/h1,5-8,12-14H,4,9-11H2,2H3,(H,25,29)(H,27,28). The van der Waals surface area contributed by atoms with E-state index in [2.05, 4.69) is 21.8 Å². The second-order valence-electron chi connectivity index (χ2n) is 6.06. The summed E-state index contributed by atoms with van der Waals surface area (Å²) in [6, 6.07) is 9.73. The van der Waals surface area contributed by atoms with E-state index >= 15 is 0 Å². The molecule has 0 heterocycles. The van der Waals surface area contributed by atoms with Gasteiger partial charge in [0.25, 0.3) is 5.91 Å². The number of terminal acetylenes is 1. The second kappa shape index (κ2) is 12.5. The zero-order chi connectivity index (χ0) is 22.6. The topological polar surface area (TPSA) is 89.0 Å². The van der Waals surface area contributed by atoms with Crippen molar-refractivity contribution in [2.45, 2.75) is 13.3 Å². The average molecular weight is 462 g/mol. The van der Waals surface area contributed by atoms with Gasteiger partial charge in [-0.3, -0.25) is 9.59 Å². The van der Waals surface area contributed by atoms with Crippen LogP contribution in [0.5, 0.6) is 11.5 Å². The van der Waals surface area contributed by atoms with E-state index in [0.717, 1.165) is 0 Å². The van der Waals surface area contributed by atoms with E-state index in [1.165, 1.54) is 18.3 Å². The molecule has 0 aromatic heterocycles. The number of carbonyl (C=O) groups excluding carboxylic acids is 2. The molecule has 0 saturated heterocycles. The average Bonchev–Trinajstić information content (AvgIpc) is 2.75. The fourth-order valence-electron chi connectivity index (χ4n) is 2.38. The van der Waals surface area contributed by atoms with Crippen molar-refractivity contribution in [1.82, 2.24) is 10.7 Å². The minimum absolute atomic E-state index is 0.0491. The molecule has 2 rings (SSSR count). The maximum Gasteiger partial charge on any atom is 0.251 e.